The van der Waals surface area contributed by atoms with Crippen molar-refractivity contribution in [3.8, 4) is 5.75 Å². The van der Waals surface area contributed by atoms with Crippen LogP contribution in [-0.4, -0.2) is 60.4 Å². The number of nitrogens with zero attached hydrogens (tertiary/aromatic N) is 1. The summed E-state index contributed by atoms with van der Waals surface area (Å²) < 4.78 is 15.3. The van der Waals surface area contributed by atoms with Gasteiger partial charge >= 0.3 is 17.9 Å². The van der Waals surface area contributed by atoms with E-state index in [1.165, 1.54) is 4.90 Å². The van der Waals surface area contributed by atoms with Crippen LogP contribution in [0.4, 0.5) is 0 Å². The van der Waals surface area contributed by atoms with Crippen molar-refractivity contribution < 1.29 is 33.4 Å². The highest BCUT2D eigenvalue weighted by molar-refractivity contribution is 5.99. The molecule has 202 valence electrons. The Morgan fingerprint density at radius 3 is 2.08 bits per heavy atom. The zero-order chi connectivity index (χ0) is 28.2. The minimum absolute atomic E-state index is 0.0129. The van der Waals surface area contributed by atoms with Gasteiger partial charge in [0.15, 0.2) is 0 Å². The average Bonchev–Trinajstić information content (AvgIpc) is 2.89. The third-order valence-electron chi connectivity index (χ3n) is 5.46. The molecule has 0 heterocycles. The number of nitrogen functional groups attached to an aromatic ring is 1. The van der Waals surface area contributed by atoms with Gasteiger partial charge in [-0.25, -0.2) is 9.59 Å². The first-order valence-electron chi connectivity index (χ1n) is 12.2. The topological polar surface area (TPSA) is 149 Å². The third-order valence-corrected chi connectivity index (χ3v) is 5.46. The molecule has 0 saturated heterocycles. The highest BCUT2D eigenvalue weighted by atomic mass is 16.5. The molecule has 10 nitrogen and oxygen atoms in total. The van der Waals surface area contributed by atoms with Gasteiger partial charge in [-0.05, 0) is 75.7 Å². The molecule has 3 N–H and O–H groups in total. The summed E-state index contributed by atoms with van der Waals surface area (Å²) in [5.41, 5.74) is 7.21. The molecule has 0 fully saturated rings. The molecule has 2 aromatic rings. The maximum atomic E-state index is 13.2. The van der Waals surface area contributed by atoms with Gasteiger partial charge in [0.1, 0.15) is 17.6 Å². The van der Waals surface area contributed by atoms with Crippen molar-refractivity contribution >= 4 is 35.7 Å². The minimum Gasteiger partial charge on any atom is -0.466 e. The van der Waals surface area contributed by atoms with Crippen molar-refractivity contribution in [1.29, 1.82) is 5.41 Å². The lowest BCUT2D eigenvalue weighted by molar-refractivity contribution is -0.154. The van der Waals surface area contributed by atoms with Crippen LogP contribution in [0.15, 0.2) is 54.1 Å². The first-order chi connectivity index (χ1) is 18.1. The Morgan fingerprint density at radius 1 is 0.947 bits per heavy atom. The van der Waals surface area contributed by atoms with E-state index >= 15 is 0 Å². The van der Waals surface area contributed by atoms with Gasteiger partial charge in [0, 0.05) is 17.7 Å². The van der Waals surface area contributed by atoms with Gasteiger partial charge in [-0.2, -0.15) is 0 Å². The van der Waals surface area contributed by atoms with Crippen molar-refractivity contribution in [2.45, 2.75) is 40.2 Å². The Balaban J connectivity index is 2.14. The van der Waals surface area contributed by atoms with Crippen LogP contribution in [0.2, 0.25) is 0 Å². The van der Waals surface area contributed by atoms with Crippen molar-refractivity contribution in [2.24, 2.45) is 5.73 Å². The molecule has 0 aliphatic heterocycles. The summed E-state index contributed by atoms with van der Waals surface area (Å²) in [4.78, 5) is 51.1. The smallest absolute Gasteiger partial charge is 0.343 e. The summed E-state index contributed by atoms with van der Waals surface area (Å²) in [7, 11) is 0. The van der Waals surface area contributed by atoms with Crippen molar-refractivity contribution in [3.63, 3.8) is 0 Å². The normalized spacial score (nSPS) is 11.7. The van der Waals surface area contributed by atoms with E-state index < -0.39 is 29.9 Å². The number of hydrogen-bond acceptors (Lipinski definition) is 8. The summed E-state index contributed by atoms with van der Waals surface area (Å²) in [6.45, 7) is 6.87. The number of nitrogens with two attached hydrogens (primary N) is 1. The summed E-state index contributed by atoms with van der Waals surface area (Å²) in [5.74, 6) is -1.83. The Bertz CT molecular complexity index is 1190. The van der Waals surface area contributed by atoms with Gasteiger partial charge in [0.2, 0.25) is 5.91 Å². The third kappa shape index (κ3) is 8.58. The van der Waals surface area contributed by atoms with Gasteiger partial charge in [0.05, 0.1) is 25.2 Å². The number of amidine groups is 1. The molecule has 0 spiro atoms. The molecule has 2 rings (SSSR count). The first kappa shape index (κ1) is 29.8. The van der Waals surface area contributed by atoms with E-state index in [0.29, 0.717) is 28.0 Å². The monoisotopic (exact) mass is 523 g/mol. The first-order valence-corrected chi connectivity index (χ1v) is 12.2. The number of carbonyl (C=O) groups excluding carboxylic acids is 4. The molecule has 0 aliphatic rings. The second-order valence-corrected chi connectivity index (χ2v) is 8.26. The fourth-order valence-corrected chi connectivity index (χ4v) is 3.43. The van der Waals surface area contributed by atoms with Crippen LogP contribution in [-0.2, 0) is 23.9 Å². The van der Waals surface area contributed by atoms with Gasteiger partial charge < -0.3 is 24.8 Å². The molecule has 0 aliphatic carbocycles. The molecular weight excluding hydrogens is 490 g/mol. The number of nitrogens with one attached hydrogen (secondary N) is 1. The van der Waals surface area contributed by atoms with Crippen LogP contribution in [0.5, 0.6) is 5.75 Å². The van der Waals surface area contributed by atoms with E-state index in [2.05, 4.69) is 0 Å². The predicted octanol–water partition coefficient (Wildman–Crippen LogP) is 3.33. The van der Waals surface area contributed by atoms with Gasteiger partial charge in [-0.1, -0.05) is 12.1 Å². The molecule has 38 heavy (non-hydrogen) atoms. The summed E-state index contributed by atoms with van der Waals surface area (Å²) in [6.07, 6.45) is 1.55. The predicted molar refractivity (Wildman–Crippen MR) is 142 cm³/mol. The SMILES string of the molecule is CCOC(=O)CCN(C(=O)/C(C)=C/c1ccc(C(=O)Oc2ccc(C(=N)N)cc2)cc1)[C@H](C)C(=O)OCC. The number of ether oxygens (including phenoxy) is 3. The maximum absolute atomic E-state index is 13.2. The maximum Gasteiger partial charge on any atom is 0.343 e. The van der Waals surface area contributed by atoms with Crippen LogP contribution in [0, 0.1) is 5.41 Å². The van der Waals surface area contributed by atoms with E-state index in [1.54, 1.807) is 82.3 Å². The van der Waals surface area contributed by atoms with E-state index in [-0.39, 0.29) is 32.0 Å². The number of benzene rings is 2. The highest BCUT2D eigenvalue weighted by Gasteiger charge is 2.28. The molecule has 0 radical (unpaired) electrons. The lowest BCUT2D eigenvalue weighted by Gasteiger charge is -2.28. The fourth-order valence-electron chi connectivity index (χ4n) is 3.43. The molecule has 1 atom stereocenters. The summed E-state index contributed by atoms with van der Waals surface area (Å²) in [6, 6.07) is 11.8. The number of carbonyl (C=O) groups is 4. The number of esters is 3. The summed E-state index contributed by atoms with van der Waals surface area (Å²) >= 11 is 0. The second kappa shape index (κ2) is 14.3. The molecule has 0 bridgehead atoms. The standard InChI is InChI=1S/C28H33N3O7/c1-5-36-24(32)15-16-31(19(4)27(34)37-6-2)26(33)18(3)17-20-7-9-22(10-8-20)28(35)38-23-13-11-21(12-14-23)25(29)30/h7-14,17,19H,5-6,15-16H2,1-4H3,(H3,29,30)/b18-17+/t19-/m1/s1. The molecule has 0 saturated carbocycles. The molecule has 10 heteroatoms. The highest BCUT2D eigenvalue weighted by Crippen LogP contribution is 2.17. The van der Waals surface area contributed by atoms with Crippen LogP contribution in [0.1, 0.15) is 55.6 Å². The van der Waals surface area contributed by atoms with Gasteiger partial charge in [0.25, 0.3) is 0 Å². The van der Waals surface area contributed by atoms with Crippen LogP contribution < -0.4 is 10.5 Å². The average molecular weight is 524 g/mol. The Hall–Kier alpha value is -4.47. The number of rotatable bonds is 12. The van der Waals surface area contributed by atoms with E-state index in [4.69, 9.17) is 25.4 Å². The molecule has 0 unspecified atom stereocenters. The minimum atomic E-state index is -0.901. The van der Waals surface area contributed by atoms with Crippen LogP contribution in [0.3, 0.4) is 0 Å². The lowest BCUT2D eigenvalue weighted by Crippen LogP contribution is -2.45. The zero-order valence-electron chi connectivity index (χ0n) is 22.0. The van der Waals surface area contributed by atoms with E-state index in [9.17, 15) is 19.2 Å². The van der Waals surface area contributed by atoms with Crippen molar-refractivity contribution in [1.82, 2.24) is 4.90 Å². The van der Waals surface area contributed by atoms with E-state index in [0.717, 1.165) is 0 Å². The lowest BCUT2D eigenvalue weighted by atomic mass is 10.1. The Kier molecular flexibility index (Phi) is 11.2. The molecule has 2 aromatic carbocycles. The van der Waals surface area contributed by atoms with Crippen LogP contribution >= 0.6 is 0 Å². The second-order valence-electron chi connectivity index (χ2n) is 8.26. The zero-order valence-corrected chi connectivity index (χ0v) is 22.0. The van der Waals surface area contributed by atoms with Crippen molar-refractivity contribution in [2.75, 3.05) is 19.8 Å². The van der Waals surface area contributed by atoms with Crippen molar-refractivity contribution in [3.05, 3.63) is 70.8 Å². The fraction of sp³-hybridized carbons (Fsp3) is 0.321. The number of hydrogen-bond donors (Lipinski definition) is 2. The molecule has 0 aromatic heterocycles. The van der Waals surface area contributed by atoms with E-state index in [1.807, 2.05) is 0 Å². The molecular formula is C28H33N3O7. The number of amides is 1. The summed E-state index contributed by atoms with van der Waals surface area (Å²) in [5, 5.41) is 7.41. The Morgan fingerprint density at radius 2 is 1.53 bits per heavy atom. The Labute approximate surface area is 221 Å². The largest absolute Gasteiger partial charge is 0.466 e. The van der Waals surface area contributed by atoms with Crippen LogP contribution in [0.25, 0.3) is 6.08 Å². The quantitative estimate of drug-likeness (QED) is 0.141. The molecule has 1 amide bonds. The van der Waals surface area contributed by atoms with Gasteiger partial charge in [-0.3, -0.25) is 15.0 Å². The van der Waals surface area contributed by atoms with Gasteiger partial charge in [-0.15, -0.1) is 0 Å².